The molecule has 6 heteroatoms. The van der Waals surface area contributed by atoms with E-state index < -0.39 is 18.7 Å². The van der Waals surface area contributed by atoms with Gasteiger partial charge in [-0.2, -0.15) is 13.2 Å². The van der Waals surface area contributed by atoms with Gasteiger partial charge in [0.2, 0.25) is 0 Å². The third-order valence-electron chi connectivity index (χ3n) is 2.14. The van der Waals surface area contributed by atoms with Gasteiger partial charge >= 0.3 is 12.1 Å². The fourth-order valence-corrected chi connectivity index (χ4v) is 1.24. The molecule has 2 N–H and O–H groups in total. The van der Waals surface area contributed by atoms with E-state index in [0.29, 0.717) is 5.56 Å². The van der Waals surface area contributed by atoms with Gasteiger partial charge in [0.25, 0.3) is 0 Å². The summed E-state index contributed by atoms with van der Waals surface area (Å²) in [5.74, 6) is 4.37. The Morgan fingerprint density at radius 2 is 1.95 bits per heavy atom. The molecule has 0 aromatic heterocycles. The van der Waals surface area contributed by atoms with Crippen LogP contribution < -0.4 is 5.32 Å². The molecule has 106 valence electrons. The zero-order valence-electron chi connectivity index (χ0n) is 10.4. The molecule has 1 aromatic rings. The molecule has 0 unspecified atom stereocenters. The summed E-state index contributed by atoms with van der Waals surface area (Å²) in [5, 5.41) is 10.9. The largest absolute Gasteiger partial charge is 0.478 e. The normalized spacial score (nSPS) is 11.2. The molecule has 0 fully saturated rings. The van der Waals surface area contributed by atoms with Crippen molar-refractivity contribution in [2.24, 2.45) is 0 Å². The number of hydrogen-bond donors (Lipinski definition) is 2. The van der Waals surface area contributed by atoms with Crippen LogP contribution in [-0.2, 0) is 0 Å². The number of nitrogens with one attached hydrogen (secondary N) is 1. The minimum atomic E-state index is -4.22. The lowest BCUT2D eigenvalue weighted by molar-refractivity contribution is -0.124. The van der Waals surface area contributed by atoms with Gasteiger partial charge in [0.05, 0.1) is 12.1 Å². The van der Waals surface area contributed by atoms with Crippen LogP contribution in [0.15, 0.2) is 36.4 Å². The Balaban J connectivity index is 2.40. The number of halogens is 3. The zero-order valence-corrected chi connectivity index (χ0v) is 10.4. The number of carbonyl (C=O) groups is 1. The minimum Gasteiger partial charge on any atom is -0.478 e. The van der Waals surface area contributed by atoms with Crippen LogP contribution in [-0.4, -0.2) is 30.3 Å². The molecule has 1 rings (SSSR count). The molecular formula is C14H12F3NO2. The highest BCUT2D eigenvalue weighted by atomic mass is 19.4. The van der Waals surface area contributed by atoms with Gasteiger partial charge in [0.1, 0.15) is 0 Å². The van der Waals surface area contributed by atoms with E-state index in [9.17, 15) is 18.0 Å². The first-order valence-corrected chi connectivity index (χ1v) is 5.66. The maximum absolute atomic E-state index is 11.8. The third kappa shape index (κ3) is 6.61. The molecule has 3 nitrogen and oxygen atoms in total. The van der Waals surface area contributed by atoms with Crippen molar-refractivity contribution in [3.8, 4) is 11.8 Å². The second kappa shape index (κ2) is 7.36. The van der Waals surface area contributed by atoms with E-state index in [-0.39, 0.29) is 12.1 Å². The fraction of sp³-hybridized carbons (Fsp3) is 0.214. The Morgan fingerprint density at radius 1 is 1.30 bits per heavy atom. The Labute approximate surface area is 114 Å². The average Bonchev–Trinajstić information content (AvgIpc) is 2.37. The van der Waals surface area contributed by atoms with E-state index >= 15 is 0 Å². The van der Waals surface area contributed by atoms with E-state index in [2.05, 4.69) is 17.2 Å². The Bertz CT molecular complexity index is 536. The lowest BCUT2D eigenvalue weighted by Gasteiger charge is -2.04. The Morgan fingerprint density at radius 3 is 2.50 bits per heavy atom. The van der Waals surface area contributed by atoms with Gasteiger partial charge in [-0.3, -0.25) is 0 Å². The number of alkyl halides is 3. The quantitative estimate of drug-likeness (QED) is 0.659. The van der Waals surface area contributed by atoms with Crippen LogP contribution in [0, 0.1) is 11.8 Å². The third-order valence-corrected chi connectivity index (χ3v) is 2.14. The van der Waals surface area contributed by atoms with Crippen LogP contribution in [0.25, 0.3) is 0 Å². The van der Waals surface area contributed by atoms with E-state index in [0.717, 1.165) is 0 Å². The van der Waals surface area contributed by atoms with Gasteiger partial charge in [0, 0.05) is 12.1 Å². The van der Waals surface area contributed by atoms with Crippen molar-refractivity contribution in [2.75, 3.05) is 13.1 Å². The van der Waals surface area contributed by atoms with Crippen molar-refractivity contribution >= 4 is 5.97 Å². The molecule has 0 aliphatic rings. The van der Waals surface area contributed by atoms with Gasteiger partial charge in [-0.15, -0.1) is 0 Å². The molecular weight excluding hydrogens is 271 g/mol. The van der Waals surface area contributed by atoms with E-state index in [1.54, 1.807) is 12.1 Å². The maximum Gasteiger partial charge on any atom is 0.401 e. The Hall–Kier alpha value is -2.26. The first kappa shape index (κ1) is 15.8. The van der Waals surface area contributed by atoms with Crippen molar-refractivity contribution < 1.29 is 23.1 Å². The van der Waals surface area contributed by atoms with E-state index in [1.165, 1.54) is 24.3 Å². The standard InChI is InChI=1S/C14H12F3NO2/c15-14(16,17)10-18-9-3-1-2-4-11-5-7-12(8-6-11)13(19)20/h1,3,5-8,18H,9-10H2,(H,19,20)/b3-1+. The summed E-state index contributed by atoms with van der Waals surface area (Å²) in [6.07, 6.45) is -1.30. The SMILES string of the molecule is O=C(O)c1ccc(C#C/C=C/CNCC(F)(F)F)cc1. The number of allylic oxidation sites excluding steroid dienone is 1. The molecule has 0 amide bonds. The second-order valence-electron chi connectivity index (χ2n) is 3.80. The number of benzene rings is 1. The van der Waals surface area contributed by atoms with Gasteiger partial charge in [-0.25, -0.2) is 4.79 Å². The lowest BCUT2D eigenvalue weighted by atomic mass is 10.1. The summed E-state index contributed by atoms with van der Waals surface area (Å²) in [5.41, 5.74) is 0.797. The Kier molecular flexibility index (Phi) is 5.81. The summed E-state index contributed by atoms with van der Waals surface area (Å²) in [6, 6.07) is 5.99. The lowest BCUT2D eigenvalue weighted by Crippen LogP contribution is -2.28. The molecule has 0 bridgehead atoms. The number of hydrogen-bond acceptors (Lipinski definition) is 2. The number of rotatable bonds is 4. The molecule has 0 aliphatic carbocycles. The summed E-state index contributed by atoms with van der Waals surface area (Å²) >= 11 is 0. The highest BCUT2D eigenvalue weighted by molar-refractivity contribution is 5.87. The molecule has 0 radical (unpaired) electrons. The van der Waals surface area contributed by atoms with Crippen LogP contribution >= 0.6 is 0 Å². The zero-order chi connectivity index (χ0) is 15.0. The van der Waals surface area contributed by atoms with Crippen molar-refractivity contribution in [1.82, 2.24) is 5.32 Å². The summed E-state index contributed by atoms with van der Waals surface area (Å²) in [7, 11) is 0. The highest BCUT2D eigenvalue weighted by Gasteiger charge is 2.25. The van der Waals surface area contributed by atoms with Crippen molar-refractivity contribution in [3.63, 3.8) is 0 Å². The van der Waals surface area contributed by atoms with Crippen LogP contribution in [0.1, 0.15) is 15.9 Å². The number of aromatic carboxylic acids is 1. The summed E-state index contributed by atoms with van der Waals surface area (Å²) in [6.45, 7) is -0.965. The van der Waals surface area contributed by atoms with Crippen molar-refractivity contribution in [1.29, 1.82) is 0 Å². The molecule has 0 saturated heterocycles. The second-order valence-corrected chi connectivity index (χ2v) is 3.80. The van der Waals surface area contributed by atoms with Gasteiger partial charge in [-0.1, -0.05) is 17.9 Å². The van der Waals surface area contributed by atoms with Gasteiger partial charge in [-0.05, 0) is 30.3 Å². The topological polar surface area (TPSA) is 49.3 Å². The van der Waals surface area contributed by atoms with Crippen molar-refractivity contribution in [3.05, 3.63) is 47.5 Å². The molecule has 0 spiro atoms. The van der Waals surface area contributed by atoms with Crippen LogP contribution in [0.5, 0.6) is 0 Å². The molecule has 0 saturated carbocycles. The van der Waals surface area contributed by atoms with Gasteiger partial charge in [0.15, 0.2) is 0 Å². The molecule has 1 aromatic carbocycles. The number of carboxylic acid groups (broad SMARTS) is 1. The predicted molar refractivity (Wildman–Crippen MR) is 68.3 cm³/mol. The van der Waals surface area contributed by atoms with E-state index in [1.807, 2.05) is 0 Å². The first-order valence-electron chi connectivity index (χ1n) is 5.66. The molecule has 0 aliphatic heterocycles. The van der Waals surface area contributed by atoms with Crippen LogP contribution in [0.2, 0.25) is 0 Å². The monoisotopic (exact) mass is 283 g/mol. The smallest absolute Gasteiger partial charge is 0.401 e. The first-order chi connectivity index (χ1) is 9.38. The molecule has 0 atom stereocenters. The fourth-order valence-electron chi connectivity index (χ4n) is 1.24. The average molecular weight is 283 g/mol. The molecule has 0 heterocycles. The minimum absolute atomic E-state index is 0.0755. The van der Waals surface area contributed by atoms with Crippen LogP contribution in [0.3, 0.4) is 0 Å². The highest BCUT2D eigenvalue weighted by Crippen LogP contribution is 2.11. The maximum atomic E-state index is 11.8. The summed E-state index contributed by atoms with van der Waals surface area (Å²) < 4.78 is 35.4. The number of carboxylic acids is 1. The van der Waals surface area contributed by atoms with Crippen LogP contribution in [0.4, 0.5) is 13.2 Å². The van der Waals surface area contributed by atoms with Gasteiger partial charge < -0.3 is 10.4 Å². The van der Waals surface area contributed by atoms with E-state index in [4.69, 9.17) is 5.11 Å². The predicted octanol–water partition coefficient (Wildman–Crippen LogP) is 2.44. The molecule has 20 heavy (non-hydrogen) atoms. The summed E-state index contributed by atoms with van der Waals surface area (Å²) in [4.78, 5) is 10.6. The van der Waals surface area contributed by atoms with Crippen molar-refractivity contribution in [2.45, 2.75) is 6.18 Å².